The molecule has 0 saturated carbocycles. The molecule has 9 nitrogen and oxygen atoms in total. The van der Waals surface area contributed by atoms with Crippen LogP contribution in [0.5, 0.6) is 5.75 Å². The van der Waals surface area contributed by atoms with E-state index in [0.717, 1.165) is 81.3 Å². The predicted octanol–water partition coefficient (Wildman–Crippen LogP) is 4.60. The lowest BCUT2D eigenvalue weighted by atomic mass is 10.0. The van der Waals surface area contributed by atoms with Crippen LogP contribution in [0, 0.1) is 0 Å². The van der Waals surface area contributed by atoms with E-state index in [1.807, 2.05) is 43.4 Å². The first-order valence-corrected chi connectivity index (χ1v) is 15.2. The van der Waals surface area contributed by atoms with Crippen LogP contribution in [0.2, 0.25) is 10.0 Å². The topological polar surface area (TPSA) is 68.8 Å². The third-order valence-corrected chi connectivity index (χ3v) is 8.93. The summed E-state index contributed by atoms with van der Waals surface area (Å²) in [5, 5.41) is 1.22. The van der Waals surface area contributed by atoms with Crippen LogP contribution in [0.4, 0.5) is 16.2 Å². The fraction of sp³-hybridized carbons (Fsp3) is 0.533. The van der Waals surface area contributed by atoms with Crippen molar-refractivity contribution in [2.75, 3.05) is 89.1 Å². The Labute approximate surface area is 252 Å². The van der Waals surface area contributed by atoms with Crippen molar-refractivity contribution in [2.24, 2.45) is 0 Å². The number of nitrogens with zero attached hydrogens (tertiary/aromatic N) is 5. The molecule has 5 rings (SSSR count). The molecule has 0 atom stereocenters. The zero-order valence-electron chi connectivity index (χ0n) is 23.7. The number of likely N-dealkylation sites (N-methyl/N-ethyl adjacent to an activating group) is 1. The maximum Gasteiger partial charge on any atom is 0.411 e. The zero-order valence-corrected chi connectivity index (χ0v) is 25.2. The predicted molar refractivity (Wildman–Crippen MR) is 163 cm³/mol. The minimum Gasteiger partial charge on any atom is -0.494 e. The van der Waals surface area contributed by atoms with E-state index in [1.54, 1.807) is 9.80 Å². The van der Waals surface area contributed by atoms with Crippen molar-refractivity contribution in [1.82, 2.24) is 14.7 Å². The molecule has 3 aliphatic heterocycles. The highest BCUT2D eigenvalue weighted by molar-refractivity contribution is 6.43. The van der Waals surface area contributed by atoms with E-state index in [1.165, 1.54) is 0 Å². The number of amides is 2. The van der Waals surface area contributed by atoms with E-state index < -0.39 is 0 Å². The van der Waals surface area contributed by atoms with E-state index >= 15 is 0 Å². The lowest BCUT2D eigenvalue weighted by Crippen LogP contribution is -2.48. The second-order valence-corrected chi connectivity index (χ2v) is 11.7. The molecular formula is C30H39Cl2N5O4. The van der Waals surface area contributed by atoms with Gasteiger partial charge in [-0.3, -0.25) is 14.6 Å². The first-order valence-electron chi connectivity index (χ1n) is 14.5. The Hall–Kier alpha value is -2.72. The molecule has 2 aromatic rings. The smallest absolute Gasteiger partial charge is 0.411 e. The largest absolute Gasteiger partial charge is 0.494 e. The maximum absolute atomic E-state index is 12.7. The number of unbranched alkanes of at least 4 members (excludes halogenated alkanes) is 1. The monoisotopic (exact) mass is 603 g/mol. The van der Waals surface area contributed by atoms with Crippen LogP contribution in [-0.2, 0) is 16.0 Å². The number of carbonyl (C=O) groups is 2. The number of aryl methyl sites for hydroxylation is 1. The second kappa shape index (κ2) is 14.0. The zero-order chi connectivity index (χ0) is 28.8. The molecule has 0 aromatic heterocycles. The fourth-order valence-corrected chi connectivity index (χ4v) is 5.94. The molecule has 2 saturated heterocycles. The number of halogens is 2. The van der Waals surface area contributed by atoms with Gasteiger partial charge in [-0.25, -0.2) is 4.79 Å². The third-order valence-electron chi connectivity index (χ3n) is 8.12. The van der Waals surface area contributed by atoms with E-state index in [9.17, 15) is 9.59 Å². The van der Waals surface area contributed by atoms with Crippen molar-refractivity contribution in [1.29, 1.82) is 0 Å². The quantitative estimate of drug-likeness (QED) is 0.388. The Morgan fingerprint density at radius 2 is 1.68 bits per heavy atom. The van der Waals surface area contributed by atoms with Gasteiger partial charge in [0, 0.05) is 64.8 Å². The summed E-state index contributed by atoms with van der Waals surface area (Å²) in [4.78, 5) is 35.5. The molecule has 3 heterocycles. The normalized spacial score (nSPS) is 18.4. The molecule has 0 N–H and O–H groups in total. The van der Waals surface area contributed by atoms with Gasteiger partial charge in [0.25, 0.3) is 0 Å². The van der Waals surface area contributed by atoms with Gasteiger partial charge in [0.2, 0.25) is 5.91 Å². The van der Waals surface area contributed by atoms with Gasteiger partial charge in [0.05, 0.1) is 28.0 Å². The van der Waals surface area contributed by atoms with E-state index in [2.05, 4.69) is 14.7 Å². The highest BCUT2D eigenvalue weighted by Gasteiger charge is 2.27. The molecule has 0 unspecified atom stereocenters. The van der Waals surface area contributed by atoms with Crippen LogP contribution in [0.1, 0.15) is 24.8 Å². The number of fused-ring (bicyclic) bond motifs is 1. The first kappa shape index (κ1) is 29.8. The molecule has 41 heavy (non-hydrogen) atoms. The Balaban J connectivity index is 1.05. The molecule has 0 aliphatic carbocycles. The first-order chi connectivity index (χ1) is 19.9. The Morgan fingerprint density at radius 3 is 2.46 bits per heavy atom. The van der Waals surface area contributed by atoms with Crippen LogP contribution in [0.25, 0.3) is 0 Å². The second-order valence-electron chi connectivity index (χ2n) is 10.9. The Kier molecular flexibility index (Phi) is 10.1. The van der Waals surface area contributed by atoms with Crippen molar-refractivity contribution >= 4 is 46.6 Å². The van der Waals surface area contributed by atoms with Crippen LogP contribution < -0.4 is 14.5 Å². The molecule has 222 valence electrons. The molecule has 0 spiro atoms. The summed E-state index contributed by atoms with van der Waals surface area (Å²) in [6, 6.07) is 11.7. The fourth-order valence-electron chi connectivity index (χ4n) is 5.53. The van der Waals surface area contributed by atoms with Crippen LogP contribution in [0.15, 0.2) is 36.4 Å². The summed E-state index contributed by atoms with van der Waals surface area (Å²) < 4.78 is 11.6. The minimum atomic E-state index is -0.375. The average molecular weight is 605 g/mol. The molecule has 2 amide bonds. The number of ether oxygens (including phenoxy) is 2. The summed E-state index contributed by atoms with van der Waals surface area (Å²) in [6.45, 7) is 8.24. The standard InChI is InChI=1S/C30H39Cl2N5O4/c1-33-12-16-36(17-13-33)30(39)41-22-37-27-21-24(9-7-23(27)8-10-28(37)38)40-20-3-2-11-34-14-18-35(19-15-34)26-6-4-5-25(31)29(26)32/h4-7,9,21H,2-3,8,10-20,22H2,1H3. The number of rotatable bonds is 9. The highest BCUT2D eigenvalue weighted by atomic mass is 35.5. The van der Waals surface area contributed by atoms with E-state index in [0.29, 0.717) is 42.6 Å². The number of anilines is 2. The van der Waals surface area contributed by atoms with Gasteiger partial charge in [-0.15, -0.1) is 0 Å². The maximum atomic E-state index is 12.7. The van der Waals surface area contributed by atoms with Crippen molar-refractivity contribution < 1.29 is 19.1 Å². The summed E-state index contributed by atoms with van der Waals surface area (Å²) in [7, 11) is 2.04. The van der Waals surface area contributed by atoms with Gasteiger partial charge in [0.1, 0.15) is 5.75 Å². The van der Waals surface area contributed by atoms with Crippen LogP contribution in [-0.4, -0.2) is 106 Å². The number of piperazine rings is 2. The van der Waals surface area contributed by atoms with Gasteiger partial charge in [0.15, 0.2) is 6.73 Å². The van der Waals surface area contributed by atoms with Crippen LogP contribution in [0.3, 0.4) is 0 Å². The number of benzene rings is 2. The van der Waals surface area contributed by atoms with E-state index in [-0.39, 0.29) is 18.7 Å². The highest BCUT2D eigenvalue weighted by Crippen LogP contribution is 2.33. The lowest BCUT2D eigenvalue weighted by molar-refractivity contribution is -0.119. The number of hydrogen-bond acceptors (Lipinski definition) is 7. The average Bonchev–Trinajstić information content (AvgIpc) is 2.98. The van der Waals surface area contributed by atoms with Gasteiger partial charge in [-0.2, -0.15) is 0 Å². The molecule has 0 radical (unpaired) electrons. The molecule has 11 heteroatoms. The molecular weight excluding hydrogens is 565 g/mol. The molecule has 2 aromatic carbocycles. The SMILES string of the molecule is CN1CCN(C(=O)OCN2C(=O)CCc3ccc(OCCCCN4CCN(c5cccc(Cl)c5Cl)CC4)cc32)CC1. The van der Waals surface area contributed by atoms with Crippen LogP contribution >= 0.6 is 23.2 Å². The Morgan fingerprint density at radius 1 is 0.902 bits per heavy atom. The van der Waals surface area contributed by atoms with Crippen molar-refractivity contribution in [3.63, 3.8) is 0 Å². The van der Waals surface area contributed by atoms with Crippen molar-refractivity contribution in [2.45, 2.75) is 25.7 Å². The summed E-state index contributed by atoms with van der Waals surface area (Å²) in [5.74, 6) is 0.680. The van der Waals surface area contributed by atoms with E-state index in [4.69, 9.17) is 32.7 Å². The molecule has 0 bridgehead atoms. The minimum absolute atomic E-state index is 0.0430. The lowest BCUT2D eigenvalue weighted by Gasteiger charge is -2.36. The number of carbonyl (C=O) groups excluding carboxylic acids is 2. The van der Waals surface area contributed by atoms with Crippen molar-refractivity contribution in [3.05, 3.63) is 52.0 Å². The van der Waals surface area contributed by atoms with Gasteiger partial charge in [-0.05, 0) is 56.6 Å². The number of hydrogen-bond donors (Lipinski definition) is 0. The summed E-state index contributed by atoms with van der Waals surface area (Å²) >= 11 is 12.6. The van der Waals surface area contributed by atoms with Gasteiger partial charge >= 0.3 is 6.09 Å². The van der Waals surface area contributed by atoms with Crippen molar-refractivity contribution in [3.8, 4) is 5.75 Å². The Bertz CT molecular complexity index is 1220. The summed E-state index contributed by atoms with van der Waals surface area (Å²) in [6.07, 6.45) is 2.67. The third kappa shape index (κ3) is 7.57. The van der Waals surface area contributed by atoms with Gasteiger partial charge in [-0.1, -0.05) is 35.3 Å². The molecule has 2 fully saturated rings. The molecule has 3 aliphatic rings. The summed E-state index contributed by atoms with van der Waals surface area (Å²) in [5.41, 5.74) is 2.83. The van der Waals surface area contributed by atoms with Gasteiger partial charge < -0.3 is 24.2 Å².